The molecule has 0 aromatic rings. The van der Waals surface area contributed by atoms with Gasteiger partial charge in [-0.2, -0.15) is 0 Å². The monoisotopic (exact) mass is 228 g/mol. The van der Waals surface area contributed by atoms with Gasteiger partial charge in [0, 0.05) is 7.05 Å². The zero-order valence-electron chi connectivity index (χ0n) is 10.1. The average molecular weight is 228 g/mol. The molecule has 1 fully saturated rings. The molecular weight excluding hydrogens is 208 g/mol. The molecule has 0 radical (unpaired) electrons. The largest absolute Gasteiger partial charge is 0.481 e. The number of aliphatic carboxylic acids is 1. The first-order valence-electron chi connectivity index (χ1n) is 5.51. The van der Waals surface area contributed by atoms with Crippen LogP contribution >= 0.6 is 0 Å². The molecule has 1 aliphatic carbocycles. The van der Waals surface area contributed by atoms with Crippen LogP contribution in [-0.4, -0.2) is 42.1 Å². The number of rotatable bonds is 4. The molecule has 0 spiro atoms. The molecule has 5 nitrogen and oxygen atoms in total. The van der Waals surface area contributed by atoms with E-state index in [4.69, 9.17) is 5.11 Å². The Bertz CT molecular complexity index is 283. The van der Waals surface area contributed by atoms with E-state index in [-0.39, 0.29) is 5.66 Å². The van der Waals surface area contributed by atoms with Crippen molar-refractivity contribution in [2.75, 3.05) is 14.1 Å². The molecule has 0 heterocycles. The Morgan fingerprint density at radius 2 is 1.88 bits per heavy atom. The van der Waals surface area contributed by atoms with Crippen LogP contribution in [0.2, 0.25) is 0 Å². The SMILES string of the molecule is CNC1(N(C)C=O)CCC(C)(C(=O)O)CC1. The fraction of sp³-hybridized carbons (Fsp3) is 0.818. The lowest BCUT2D eigenvalue weighted by Crippen LogP contribution is -2.59. The summed E-state index contributed by atoms with van der Waals surface area (Å²) in [5.41, 5.74) is -1.03. The van der Waals surface area contributed by atoms with Crippen molar-refractivity contribution >= 4 is 12.4 Å². The number of nitrogens with zero attached hydrogens (tertiary/aromatic N) is 1. The highest BCUT2D eigenvalue weighted by Gasteiger charge is 2.45. The van der Waals surface area contributed by atoms with E-state index in [0.717, 1.165) is 6.41 Å². The lowest BCUT2D eigenvalue weighted by molar-refractivity contribution is -0.152. The third-order valence-electron chi connectivity index (χ3n) is 4.00. The van der Waals surface area contributed by atoms with Gasteiger partial charge in [-0.05, 0) is 39.7 Å². The first-order valence-corrected chi connectivity index (χ1v) is 5.51. The summed E-state index contributed by atoms with van der Waals surface area (Å²) in [7, 11) is 3.54. The van der Waals surface area contributed by atoms with Crippen LogP contribution in [0.25, 0.3) is 0 Å². The van der Waals surface area contributed by atoms with Crippen molar-refractivity contribution in [2.45, 2.75) is 38.3 Å². The first-order chi connectivity index (χ1) is 7.40. The third-order valence-corrected chi connectivity index (χ3v) is 4.00. The van der Waals surface area contributed by atoms with Gasteiger partial charge in [-0.15, -0.1) is 0 Å². The Kier molecular flexibility index (Phi) is 3.57. The maximum Gasteiger partial charge on any atom is 0.309 e. The second kappa shape index (κ2) is 4.41. The van der Waals surface area contributed by atoms with Gasteiger partial charge in [0.15, 0.2) is 0 Å². The number of carboxylic acids is 1. The summed E-state index contributed by atoms with van der Waals surface area (Å²) in [5, 5.41) is 12.3. The Morgan fingerprint density at radius 1 is 1.38 bits per heavy atom. The van der Waals surface area contributed by atoms with Crippen molar-refractivity contribution in [1.82, 2.24) is 10.2 Å². The number of carboxylic acid groups (broad SMARTS) is 1. The van der Waals surface area contributed by atoms with Crippen molar-refractivity contribution in [3.8, 4) is 0 Å². The van der Waals surface area contributed by atoms with E-state index in [0.29, 0.717) is 25.7 Å². The normalized spacial score (nSPS) is 34.4. The highest BCUT2D eigenvalue weighted by molar-refractivity contribution is 5.74. The molecule has 0 aromatic carbocycles. The lowest BCUT2D eigenvalue weighted by atomic mass is 9.71. The van der Waals surface area contributed by atoms with Crippen LogP contribution in [-0.2, 0) is 9.59 Å². The Hall–Kier alpha value is -1.10. The fourth-order valence-corrected chi connectivity index (χ4v) is 2.31. The van der Waals surface area contributed by atoms with Gasteiger partial charge in [-0.25, -0.2) is 0 Å². The highest BCUT2D eigenvalue weighted by Crippen LogP contribution is 2.41. The predicted molar refractivity (Wildman–Crippen MR) is 59.8 cm³/mol. The molecule has 5 heteroatoms. The zero-order chi connectivity index (χ0) is 12.4. The van der Waals surface area contributed by atoms with Crippen molar-refractivity contribution in [3.63, 3.8) is 0 Å². The Labute approximate surface area is 95.8 Å². The number of carbonyl (C=O) groups is 2. The van der Waals surface area contributed by atoms with Gasteiger partial charge in [-0.1, -0.05) is 0 Å². The second-order valence-electron chi connectivity index (χ2n) is 4.86. The van der Waals surface area contributed by atoms with E-state index >= 15 is 0 Å². The molecule has 1 aliphatic rings. The molecule has 0 aromatic heterocycles. The maximum absolute atomic E-state index is 11.1. The summed E-state index contributed by atoms with van der Waals surface area (Å²) in [6.45, 7) is 1.77. The van der Waals surface area contributed by atoms with E-state index in [1.54, 1.807) is 18.9 Å². The molecule has 92 valence electrons. The standard InChI is InChI=1S/C11H20N2O3/c1-10(9(15)16)4-6-11(12-2,7-5-10)13(3)8-14/h8,12H,4-7H2,1-3H3,(H,15,16). The minimum Gasteiger partial charge on any atom is -0.481 e. The van der Waals surface area contributed by atoms with Crippen molar-refractivity contribution < 1.29 is 14.7 Å². The van der Waals surface area contributed by atoms with Gasteiger partial charge in [0.25, 0.3) is 0 Å². The van der Waals surface area contributed by atoms with E-state index in [9.17, 15) is 9.59 Å². The molecule has 1 rings (SSSR count). The van der Waals surface area contributed by atoms with E-state index in [1.807, 2.05) is 7.05 Å². The van der Waals surface area contributed by atoms with Crippen molar-refractivity contribution in [3.05, 3.63) is 0 Å². The predicted octanol–water partition coefficient (Wildman–Crippen LogP) is 0.655. The highest BCUT2D eigenvalue weighted by atomic mass is 16.4. The molecule has 1 saturated carbocycles. The zero-order valence-corrected chi connectivity index (χ0v) is 10.1. The molecule has 0 unspecified atom stereocenters. The fourth-order valence-electron chi connectivity index (χ4n) is 2.31. The number of hydrogen-bond acceptors (Lipinski definition) is 3. The van der Waals surface area contributed by atoms with Crippen LogP contribution in [0.4, 0.5) is 0 Å². The van der Waals surface area contributed by atoms with Crippen LogP contribution in [0.1, 0.15) is 32.6 Å². The van der Waals surface area contributed by atoms with E-state index < -0.39 is 11.4 Å². The Morgan fingerprint density at radius 3 is 2.19 bits per heavy atom. The van der Waals surface area contributed by atoms with Crippen molar-refractivity contribution in [1.29, 1.82) is 0 Å². The van der Waals surface area contributed by atoms with Gasteiger partial charge in [0.1, 0.15) is 0 Å². The van der Waals surface area contributed by atoms with Gasteiger partial charge in [0.2, 0.25) is 6.41 Å². The molecule has 0 atom stereocenters. The summed E-state index contributed by atoms with van der Waals surface area (Å²) in [6.07, 6.45) is 3.30. The van der Waals surface area contributed by atoms with Gasteiger partial charge in [0.05, 0.1) is 11.1 Å². The molecule has 16 heavy (non-hydrogen) atoms. The molecule has 0 bridgehead atoms. The van der Waals surface area contributed by atoms with Crippen LogP contribution in [0.15, 0.2) is 0 Å². The number of hydrogen-bond donors (Lipinski definition) is 2. The van der Waals surface area contributed by atoms with Crippen LogP contribution in [0.3, 0.4) is 0 Å². The third kappa shape index (κ3) is 2.04. The first kappa shape index (κ1) is 13.0. The molecule has 2 N–H and O–H groups in total. The lowest BCUT2D eigenvalue weighted by Gasteiger charge is -2.46. The smallest absolute Gasteiger partial charge is 0.309 e. The van der Waals surface area contributed by atoms with E-state index in [1.165, 1.54) is 0 Å². The number of carbonyl (C=O) groups excluding carboxylic acids is 1. The average Bonchev–Trinajstić information content (AvgIpc) is 2.29. The topological polar surface area (TPSA) is 69.6 Å². The summed E-state index contributed by atoms with van der Waals surface area (Å²) in [6, 6.07) is 0. The maximum atomic E-state index is 11.1. The molecular formula is C11H20N2O3. The second-order valence-corrected chi connectivity index (χ2v) is 4.86. The van der Waals surface area contributed by atoms with Crippen molar-refractivity contribution in [2.24, 2.45) is 5.41 Å². The van der Waals surface area contributed by atoms with Crippen LogP contribution in [0, 0.1) is 5.41 Å². The summed E-state index contributed by atoms with van der Waals surface area (Å²) >= 11 is 0. The minimum absolute atomic E-state index is 0.378. The van der Waals surface area contributed by atoms with Gasteiger partial charge in [-0.3, -0.25) is 14.9 Å². The van der Waals surface area contributed by atoms with Crippen LogP contribution < -0.4 is 5.32 Å². The minimum atomic E-state index is -0.744. The van der Waals surface area contributed by atoms with Crippen LogP contribution in [0.5, 0.6) is 0 Å². The summed E-state index contributed by atoms with van der Waals surface area (Å²) in [4.78, 5) is 23.5. The molecule has 0 saturated heterocycles. The van der Waals surface area contributed by atoms with Gasteiger partial charge >= 0.3 is 5.97 Å². The Balaban J connectivity index is 2.78. The van der Waals surface area contributed by atoms with E-state index in [2.05, 4.69) is 5.32 Å². The number of amides is 1. The number of nitrogens with one attached hydrogen (secondary N) is 1. The molecule has 0 aliphatic heterocycles. The summed E-state index contributed by atoms with van der Waals surface area (Å²) in [5.74, 6) is -0.744. The molecule has 1 amide bonds. The van der Waals surface area contributed by atoms with Gasteiger partial charge < -0.3 is 10.0 Å². The quantitative estimate of drug-likeness (QED) is 0.547. The summed E-state index contributed by atoms with van der Waals surface area (Å²) < 4.78 is 0.